The van der Waals surface area contributed by atoms with E-state index in [1.165, 1.54) is 0 Å². The third-order valence-corrected chi connectivity index (χ3v) is 5.07. The van der Waals surface area contributed by atoms with Crippen LogP contribution in [0.25, 0.3) is 0 Å². The zero-order chi connectivity index (χ0) is 16.6. The van der Waals surface area contributed by atoms with Crippen LogP contribution < -0.4 is 0 Å². The molecule has 2 saturated heterocycles. The summed E-state index contributed by atoms with van der Waals surface area (Å²) in [7, 11) is 0. The molecule has 0 bridgehead atoms. The van der Waals surface area contributed by atoms with Crippen molar-refractivity contribution in [3.05, 3.63) is 60.2 Å². The fraction of sp³-hybridized carbons (Fsp3) is 0.400. The number of allylic oxidation sites excluding steroid dienone is 2. The van der Waals surface area contributed by atoms with Crippen molar-refractivity contribution >= 4 is 11.6 Å². The predicted molar refractivity (Wildman–Crippen MR) is 88.6 cm³/mol. The van der Waals surface area contributed by atoms with Gasteiger partial charge in [0.2, 0.25) is 0 Å². The molecule has 0 amide bonds. The van der Waals surface area contributed by atoms with Gasteiger partial charge < -0.3 is 9.47 Å². The van der Waals surface area contributed by atoms with E-state index >= 15 is 0 Å². The first-order chi connectivity index (χ1) is 11.6. The first-order valence-electron chi connectivity index (χ1n) is 8.47. The SMILES string of the molecule is O=C1C=CC2(C=C1)CC[C@]1(CC[C@@H](CC(=O)c3ccccc3)O1)O2. The van der Waals surface area contributed by atoms with E-state index in [1.54, 1.807) is 12.2 Å². The minimum absolute atomic E-state index is 0.0103. The highest BCUT2D eigenvalue weighted by atomic mass is 16.7. The number of benzene rings is 1. The maximum Gasteiger partial charge on any atom is 0.178 e. The van der Waals surface area contributed by atoms with E-state index in [0.29, 0.717) is 6.42 Å². The molecule has 1 aliphatic carbocycles. The zero-order valence-electron chi connectivity index (χ0n) is 13.4. The molecule has 2 heterocycles. The molecular formula is C20H20O4. The second-order valence-corrected chi connectivity index (χ2v) is 6.81. The van der Waals surface area contributed by atoms with Gasteiger partial charge in [-0.05, 0) is 37.1 Å². The maximum absolute atomic E-state index is 12.4. The largest absolute Gasteiger partial charge is 0.346 e. The lowest BCUT2D eigenvalue weighted by Gasteiger charge is -2.29. The molecule has 0 unspecified atom stereocenters. The molecule has 2 spiro atoms. The number of ketones is 2. The lowest BCUT2D eigenvalue weighted by Crippen LogP contribution is -2.34. The van der Waals surface area contributed by atoms with E-state index in [-0.39, 0.29) is 17.7 Å². The van der Waals surface area contributed by atoms with Crippen LogP contribution >= 0.6 is 0 Å². The summed E-state index contributed by atoms with van der Waals surface area (Å²) < 4.78 is 12.4. The van der Waals surface area contributed by atoms with Crippen LogP contribution in [0.4, 0.5) is 0 Å². The summed E-state index contributed by atoms with van der Waals surface area (Å²) in [6.45, 7) is 0. The average molecular weight is 324 g/mol. The summed E-state index contributed by atoms with van der Waals surface area (Å²) in [6, 6.07) is 9.32. The molecule has 0 radical (unpaired) electrons. The van der Waals surface area contributed by atoms with Crippen LogP contribution in [0.5, 0.6) is 0 Å². The first kappa shape index (κ1) is 15.5. The highest BCUT2D eigenvalue weighted by Crippen LogP contribution is 2.48. The molecule has 24 heavy (non-hydrogen) atoms. The molecule has 0 aromatic heterocycles. The number of carbonyl (C=O) groups excluding carboxylic acids is 2. The van der Waals surface area contributed by atoms with Crippen molar-refractivity contribution in [1.29, 1.82) is 0 Å². The predicted octanol–water partition coefficient (Wildman–Crippen LogP) is 3.38. The van der Waals surface area contributed by atoms with Crippen LogP contribution in [0, 0.1) is 0 Å². The van der Waals surface area contributed by atoms with Gasteiger partial charge in [0.25, 0.3) is 0 Å². The lowest BCUT2D eigenvalue weighted by molar-refractivity contribution is -0.222. The molecule has 0 N–H and O–H groups in total. The second-order valence-electron chi connectivity index (χ2n) is 6.81. The van der Waals surface area contributed by atoms with Gasteiger partial charge in [0.15, 0.2) is 17.4 Å². The van der Waals surface area contributed by atoms with E-state index in [2.05, 4.69) is 0 Å². The van der Waals surface area contributed by atoms with Gasteiger partial charge in [-0.2, -0.15) is 0 Å². The van der Waals surface area contributed by atoms with Gasteiger partial charge in [-0.1, -0.05) is 30.3 Å². The van der Waals surface area contributed by atoms with Crippen molar-refractivity contribution in [2.45, 2.75) is 49.6 Å². The van der Waals surface area contributed by atoms with Crippen LogP contribution in [-0.4, -0.2) is 29.1 Å². The van der Waals surface area contributed by atoms with Crippen molar-refractivity contribution in [1.82, 2.24) is 0 Å². The van der Waals surface area contributed by atoms with Gasteiger partial charge in [-0.15, -0.1) is 0 Å². The minimum atomic E-state index is -0.614. The molecule has 0 saturated carbocycles. The third kappa shape index (κ3) is 2.87. The molecule has 3 aliphatic rings. The van der Waals surface area contributed by atoms with Gasteiger partial charge in [-0.3, -0.25) is 9.59 Å². The van der Waals surface area contributed by atoms with Gasteiger partial charge in [-0.25, -0.2) is 0 Å². The van der Waals surface area contributed by atoms with Crippen LogP contribution in [0.3, 0.4) is 0 Å². The Kier molecular flexibility index (Phi) is 3.74. The Labute approximate surface area is 141 Å². The van der Waals surface area contributed by atoms with Crippen LogP contribution in [-0.2, 0) is 14.3 Å². The molecular weight excluding hydrogens is 304 g/mol. The average Bonchev–Trinajstić information content (AvgIpc) is 3.16. The number of ether oxygens (including phenoxy) is 2. The fourth-order valence-electron chi connectivity index (χ4n) is 3.78. The third-order valence-electron chi connectivity index (χ3n) is 5.07. The summed E-state index contributed by atoms with van der Waals surface area (Å²) in [6.07, 6.45) is 10.2. The Bertz CT molecular complexity index is 702. The normalized spacial score (nSPS) is 30.5. The van der Waals surface area contributed by atoms with Crippen molar-refractivity contribution in [3.63, 3.8) is 0 Å². The van der Waals surface area contributed by atoms with Crippen molar-refractivity contribution in [2.75, 3.05) is 0 Å². The van der Waals surface area contributed by atoms with Crippen molar-refractivity contribution in [2.24, 2.45) is 0 Å². The summed E-state index contributed by atoms with van der Waals surface area (Å²) in [4.78, 5) is 23.7. The van der Waals surface area contributed by atoms with Crippen LogP contribution in [0.15, 0.2) is 54.6 Å². The highest BCUT2D eigenvalue weighted by molar-refractivity contribution is 6.00. The number of hydrogen-bond acceptors (Lipinski definition) is 4. The number of rotatable bonds is 3. The smallest absolute Gasteiger partial charge is 0.178 e. The van der Waals surface area contributed by atoms with Gasteiger partial charge in [0.05, 0.1) is 6.10 Å². The Morgan fingerprint density at radius 2 is 1.83 bits per heavy atom. The molecule has 4 rings (SSSR count). The van der Waals surface area contributed by atoms with E-state index in [0.717, 1.165) is 31.2 Å². The fourth-order valence-corrected chi connectivity index (χ4v) is 3.78. The first-order valence-corrected chi connectivity index (χ1v) is 8.47. The Hall–Kier alpha value is -2.04. The summed E-state index contributed by atoms with van der Waals surface area (Å²) in [5.74, 6) is -0.520. The van der Waals surface area contributed by atoms with Gasteiger partial charge in [0.1, 0.15) is 5.60 Å². The van der Waals surface area contributed by atoms with E-state index < -0.39 is 11.4 Å². The summed E-state index contributed by atoms with van der Waals surface area (Å²) >= 11 is 0. The van der Waals surface area contributed by atoms with Crippen molar-refractivity contribution in [3.8, 4) is 0 Å². The van der Waals surface area contributed by atoms with Crippen LogP contribution in [0.2, 0.25) is 0 Å². The zero-order valence-corrected chi connectivity index (χ0v) is 13.4. The Morgan fingerprint density at radius 3 is 2.58 bits per heavy atom. The minimum Gasteiger partial charge on any atom is -0.346 e. The standard InChI is InChI=1S/C20H20O4/c21-16-6-9-19(10-7-16)12-13-20(24-19)11-8-17(23-20)14-18(22)15-4-2-1-3-5-15/h1-7,9-10,17H,8,11-14H2/t17-,20-/m0/s1. The highest BCUT2D eigenvalue weighted by Gasteiger charge is 2.52. The summed E-state index contributed by atoms with van der Waals surface area (Å²) in [5, 5.41) is 0. The van der Waals surface area contributed by atoms with E-state index in [4.69, 9.17) is 9.47 Å². The quantitative estimate of drug-likeness (QED) is 0.800. The molecule has 1 aromatic rings. The van der Waals surface area contributed by atoms with E-state index in [1.807, 2.05) is 42.5 Å². The van der Waals surface area contributed by atoms with Gasteiger partial charge in [0, 0.05) is 24.8 Å². The lowest BCUT2D eigenvalue weighted by atomic mass is 9.94. The van der Waals surface area contributed by atoms with Crippen LogP contribution in [0.1, 0.15) is 42.5 Å². The number of carbonyl (C=O) groups is 2. The van der Waals surface area contributed by atoms with Gasteiger partial charge >= 0.3 is 0 Å². The maximum atomic E-state index is 12.4. The molecule has 1 aromatic carbocycles. The topological polar surface area (TPSA) is 52.6 Å². The van der Waals surface area contributed by atoms with Crippen molar-refractivity contribution < 1.29 is 19.1 Å². The number of hydrogen-bond donors (Lipinski definition) is 0. The molecule has 2 fully saturated rings. The second kappa shape index (κ2) is 5.80. The Morgan fingerprint density at radius 1 is 1.08 bits per heavy atom. The molecule has 2 aliphatic heterocycles. The monoisotopic (exact) mass is 324 g/mol. The molecule has 4 nitrogen and oxygen atoms in total. The van der Waals surface area contributed by atoms with E-state index in [9.17, 15) is 9.59 Å². The molecule has 2 atom stereocenters. The Balaban J connectivity index is 1.40. The molecule has 124 valence electrons. The molecule has 4 heteroatoms. The summed E-state index contributed by atoms with van der Waals surface area (Å²) in [5.41, 5.74) is 0.203. The number of Topliss-reactive ketones (excluding diaryl/α,β-unsaturated/α-hetero) is 1.